The normalized spacial score (nSPS) is 12.0. The summed E-state index contributed by atoms with van der Waals surface area (Å²) in [5, 5.41) is 3.53. The fourth-order valence-electron chi connectivity index (χ4n) is 1.29. The van der Waals surface area contributed by atoms with E-state index >= 15 is 0 Å². The minimum absolute atomic E-state index is 0.0377. The molecule has 0 atom stereocenters. The van der Waals surface area contributed by atoms with Crippen molar-refractivity contribution in [3.05, 3.63) is 29.8 Å². The highest BCUT2D eigenvalue weighted by atomic mass is 32.3. The smallest absolute Gasteiger partial charge is 0.340 e. The van der Waals surface area contributed by atoms with Crippen LogP contribution in [0.15, 0.2) is 24.3 Å². The molecule has 0 bridgehead atoms. The first-order valence-corrected chi connectivity index (χ1v) is 9.44. The van der Waals surface area contributed by atoms with Crippen molar-refractivity contribution in [2.45, 2.75) is 26.4 Å². The molecular formula is C14H20O9S2. The van der Waals surface area contributed by atoms with Crippen LogP contribution in [-0.4, -0.2) is 39.0 Å². The van der Waals surface area contributed by atoms with Crippen LogP contribution in [0.3, 0.4) is 0 Å². The summed E-state index contributed by atoms with van der Waals surface area (Å²) in [7, 11) is -2.71. The predicted octanol–water partition coefficient (Wildman–Crippen LogP) is 2.44. The van der Waals surface area contributed by atoms with Gasteiger partial charge in [-0.3, -0.25) is 0 Å². The molecule has 1 rings (SSSR count). The standard InChI is InChI=1S/C14H20O9S2/c1-14(2,3)20-9-19-13(15)11-5-7-12(8-6-11)21-25(16,17)10-24-23-22-18-4/h5-8H,9-10H2,1-4H3. The first-order chi connectivity index (χ1) is 11.6. The number of esters is 1. The van der Waals surface area contributed by atoms with E-state index in [0.717, 1.165) is 0 Å². The number of ether oxygens (including phenoxy) is 2. The summed E-state index contributed by atoms with van der Waals surface area (Å²) in [6.07, 6.45) is 0. The molecule has 0 aliphatic carbocycles. The second-order valence-corrected chi connectivity index (χ2v) is 8.11. The number of carbonyl (C=O) groups is 1. The van der Waals surface area contributed by atoms with Gasteiger partial charge in [0.15, 0.2) is 11.9 Å². The summed E-state index contributed by atoms with van der Waals surface area (Å²) in [5.74, 6) is -0.560. The molecule has 0 spiro atoms. The first kappa shape index (κ1) is 21.7. The highest BCUT2D eigenvalue weighted by Gasteiger charge is 2.16. The lowest BCUT2D eigenvalue weighted by Crippen LogP contribution is -2.22. The Morgan fingerprint density at radius 2 is 1.80 bits per heavy atom. The molecule has 0 N–H and O–H groups in total. The number of benzene rings is 1. The lowest BCUT2D eigenvalue weighted by atomic mass is 10.2. The Balaban J connectivity index is 2.51. The molecule has 0 radical (unpaired) electrons. The van der Waals surface area contributed by atoms with E-state index in [9.17, 15) is 13.2 Å². The van der Waals surface area contributed by atoms with E-state index in [-0.39, 0.29) is 18.1 Å². The summed E-state index contributed by atoms with van der Waals surface area (Å²) in [6, 6.07) is 5.41. The van der Waals surface area contributed by atoms with Crippen molar-refractivity contribution in [1.29, 1.82) is 0 Å². The van der Waals surface area contributed by atoms with E-state index in [4.69, 9.17) is 13.7 Å². The third kappa shape index (κ3) is 9.63. The van der Waals surface area contributed by atoms with E-state index in [1.54, 1.807) is 0 Å². The van der Waals surface area contributed by atoms with Crippen molar-refractivity contribution < 1.29 is 41.1 Å². The number of rotatable bonds is 10. The summed E-state index contributed by atoms with van der Waals surface area (Å²) < 4.78 is 42.8. The third-order valence-electron chi connectivity index (χ3n) is 2.33. The van der Waals surface area contributed by atoms with E-state index in [1.165, 1.54) is 31.4 Å². The molecular weight excluding hydrogens is 376 g/mol. The lowest BCUT2D eigenvalue weighted by Gasteiger charge is -2.18. The monoisotopic (exact) mass is 396 g/mol. The Labute approximate surface area is 150 Å². The van der Waals surface area contributed by atoms with Gasteiger partial charge in [0.25, 0.3) is 0 Å². The second kappa shape index (κ2) is 9.94. The molecule has 1 aromatic carbocycles. The van der Waals surface area contributed by atoms with Crippen molar-refractivity contribution >= 4 is 28.1 Å². The molecule has 0 unspecified atom stereocenters. The van der Waals surface area contributed by atoms with Crippen molar-refractivity contribution in [3.63, 3.8) is 0 Å². The van der Waals surface area contributed by atoms with Crippen LogP contribution in [0.1, 0.15) is 31.1 Å². The van der Waals surface area contributed by atoms with Crippen LogP contribution in [0.5, 0.6) is 5.75 Å². The van der Waals surface area contributed by atoms with E-state index in [2.05, 4.69) is 14.3 Å². The maximum absolute atomic E-state index is 11.8. The van der Waals surface area contributed by atoms with Gasteiger partial charge in [-0.05, 0) is 45.0 Å². The largest absolute Gasteiger partial charge is 0.435 e. The number of hydrogen-bond donors (Lipinski definition) is 0. The topological polar surface area (TPSA) is 107 Å². The van der Waals surface area contributed by atoms with Crippen molar-refractivity contribution in [2.24, 2.45) is 0 Å². The average molecular weight is 396 g/mol. The molecule has 25 heavy (non-hydrogen) atoms. The Morgan fingerprint density at radius 1 is 1.16 bits per heavy atom. The SMILES string of the molecule is COOOSCS(=O)(=O)Oc1ccc(C(=O)OCOC(C)(C)C)cc1. The van der Waals surface area contributed by atoms with Crippen LogP contribution in [0.2, 0.25) is 0 Å². The van der Waals surface area contributed by atoms with Gasteiger partial charge in [0.05, 0.1) is 30.3 Å². The van der Waals surface area contributed by atoms with Gasteiger partial charge in [-0.2, -0.15) is 8.42 Å². The van der Waals surface area contributed by atoms with Gasteiger partial charge in [-0.25, -0.2) is 9.68 Å². The molecule has 0 aliphatic heterocycles. The maximum atomic E-state index is 11.8. The van der Waals surface area contributed by atoms with Gasteiger partial charge in [-0.1, -0.05) is 5.04 Å². The number of carbonyl (C=O) groups excluding carboxylic acids is 1. The number of hydrogen-bond acceptors (Lipinski definition) is 10. The van der Waals surface area contributed by atoms with Gasteiger partial charge in [0.1, 0.15) is 5.75 Å². The molecule has 1 aromatic rings. The maximum Gasteiger partial charge on any atom is 0.340 e. The van der Waals surface area contributed by atoms with E-state index < -0.39 is 26.8 Å². The molecule has 142 valence electrons. The van der Waals surface area contributed by atoms with E-state index in [0.29, 0.717) is 12.0 Å². The van der Waals surface area contributed by atoms with Gasteiger partial charge in [0.2, 0.25) is 0 Å². The third-order valence-corrected chi connectivity index (χ3v) is 4.47. The minimum atomic E-state index is -3.91. The van der Waals surface area contributed by atoms with Crippen LogP contribution >= 0.6 is 12.0 Å². The molecule has 9 nitrogen and oxygen atoms in total. The second-order valence-electron chi connectivity index (χ2n) is 5.51. The zero-order valence-corrected chi connectivity index (χ0v) is 15.8. The van der Waals surface area contributed by atoms with Crippen LogP contribution in [-0.2, 0) is 33.9 Å². The van der Waals surface area contributed by atoms with Gasteiger partial charge >= 0.3 is 16.1 Å². The summed E-state index contributed by atoms with van der Waals surface area (Å²) in [6.45, 7) is 5.31. The average Bonchev–Trinajstić information content (AvgIpc) is 2.50. The Kier molecular flexibility index (Phi) is 8.62. The quantitative estimate of drug-likeness (QED) is 0.111. The molecule has 0 saturated carbocycles. The van der Waals surface area contributed by atoms with Crippen molar-refractivity contribution in [2.75, 3.05) is 19.0 Å². The zero-order chi connectivity index (χ0) is 18.9. The zero-order valence-electron chi connectivity index (χ0n) is 14.2. The molecule has 11 heteroatoms. The van der Waals surface area contributed by atoms with Crippen LogP contribution < -0.4 is 4.18 Å². The Hall–Kier alpha value is -1.37. The Morgan fingerprint density at radius 3 is 2.36 bits per heavy atom. The fraction of sp³-hybridized carbons (Fsp3) is 0.500. The van der Waals surface area contributed by atoms with Crippen molar-refractivity contribution in [3.8, 4) is 5.75 Å². The summed E-state index contributed by atoms with van der Waals surface area (Å²) in [4.78, 5) is 15.9. The molecule has 0 fully saturated rings. The predicted molar refractivity (Wildman–Crippen MR) is 88.7 cm³/mol. The van der Waals surface area contributed by atoms with E-state index in [1.807, 2.05) is 20.8 Å². The highest BCUT2D eigenvalue weighted by Crippen LogP contribution is 2.18. The first-order valence-electron chi connectivity index (χ1n) is 6.95. The minimum Gasteiger partial charge on any atom is -0.435 e. The fourth-order valence-corrected chi connectivity index (χ4v) is 2.61. The van der Waals surface area contributed by atoms with Gasteiger partial charge < -0.3 is 13.7 Å². The Bertz CT molecular complexity index is 635. The van der Waals surface area contributed by atoms with Crippen molar-refractivity contribution in [1.82, 2.24) is 0 Å². The molecule has 0 heterocycles. The van der Waals surface area contributed by atoms with Crippen LogP contribution in [0.4, 0.5) is 0 Å². The van der Waals surface area contributed by atoms with Crippen LogP contribution in [0, 0.1) is 0 Å². The van der Waals surface area contributed by atoms with Gasteiger partial charge in [-0.15, -0.1) is 4.33 Å². The molecule has 0 aliphatic rings. The summed E-state index contributed by atoms with van der Waals surface area (Å²) >= 11 is 0.475. The molecule has 0 saturated heterocycles. The lowest BCUT2D eigenvalue weighted by molar-refractivity contribution is -0.447. The molecule has 0 amide bonds. The highest BCUT2D eigenvalue weighted by molar-refractivity contribution is 8.08. The summed E-state index contributed by atoms with van der Waals surface area (Å²) in [5.41, 5.74) is -0.198. The molecule has 0 aromatic heterocycles. The van der Waals surface area contributed by atoms with Gasteiger partial charge in [0, 0.05) is 0 Å². The van der Waals surface area contributed by atoms with Crippen LogP contribution in [0.25, 0.3) is 0 Å².